The summed E-state index contributed by atoms with van der Waals surface area (Å²) in [5.74, 6) is 0.607. The molecule has 0 saturated carbocycles. The number of piperidine rings is 1. The molecule has 3 heterocycles. The first-order valence-electron chi connectivity index (χ1n) is 7.41. The number of carbonyl (C=O) groups excluding carboxylic acids is 1. The van der Waals surface area contributed by atoms with Crippen LogP contribution in [0.5, 0.6) is 0 Å². The molecule has 2 aromatic rings. The first-order chi connectivity index (χ1) is 10.1. The standard InChI is InChI=1S/C15H21N5O/c1-11-14(10-19(2)18-11)15(21)20-7-3-4-12(9-20)8-13-5-6-16-17-13/h5-6,10,12H,3-4,7-9H2,1-2H3,(H,16,17). The van der Waals surface area contributed by atoms with Crippen molar-refractivity contribution in [2.75, 3.05) is 13.1 Å². The molecule has 1 fully saturated rings. The lowest BCUT2D eigenvalue weighted by Crippen LogP contribution is -2.40. The predicted octanol–water partition coefficient (Wildman–Crippen LogP) is 1.55. The van der Waals surface area contributed by atoms with Crippen LogP contribution in [0.15, 0.2) is 18.5 Å². The van der Waals surface area contributed by atoms with E-state index in [-0.39, 0.29) is 5.91 Å². The van der Waals surface area contributed by atoms with Gasteiger partial charge in [0, 0.05) is 38.2 Å². The van der Waals surface area contributed by atoms with Crippen LogP contribution in [0.25, 0.3) is 0 Å². The largest absolute Gasteiger partial charge is 0.338 e. The monoisotopic (exact) mass is 287 g/mol. The minimum Gasteiger partial charge on any atom is -0.338 e. The van der Waals surface area contributed by atoms with Gasteiger partial charge in [0.15, 0.2) is 0 Å². The average molecular weight is 287 g/mol. The van der Waals surface area contributed by atoms with Gasteiger partial charge in [-0.25, -0.2) is 0 Å². The summed E-state index contributed by atoms with van der Waals surface area (Å²) in [5, 5.41) is 11.3. The minimum absolute atomic E-state index is 0.106. The number of likely N-dealkylation sites (tertiary alicyclic amines) is 1. The Labute approximate surface area is 124 Å². The zero-order valence-electron chi connectivity index (χ0n) is 12.5. The fourth-order valence-corrected chi connectivity index (χ4v) is 3.11. The number of nitrogens with zero attached hydrogens (tertiary/aromatic N) is 4. The topological polar surface area (TPSA) is 66.8 Å². The van der Waals surface area contributed by atoms with Crippen molar-refractivity contribution in [2.24, 2.45) is 13.0 Å². The molecule has 0 spiro atoms. The van der Waals surface area contributed by atoms with Crippen molar-refractivity contribution >= 4 is 5.91 Å². The molecule has 1 atom stereocenters. The number of amides is 1. The fraction of sp³-hybridized carbons (Fsp3) is 0.533. The fourth-order valence-electron chi connectivity index (χ4n) is 3.11. The molecule has 1 saturated heterocycles. The van der Waals surface area contributed by atoms with E-state index in [2.05, 4.69) is 15.3 Å². The maximum Gasteiger partial charge on any atom is 0.257 e. The Balaban J connectivity index is 1.68. The van der Waals surface area contributed by atoms with Crippen molar-refractivity contribution < 1.29 is 4.79 Å². The lowest BCUT2D eigenvalue weighted by molar-refractivity contribution is 0.0672. The Bertz CT molecular complexity index is 616. The molecule has 1 aliphatic heterocycles. The van der Waals surface area contributed by atoms with Gasteiger partial charge < -0.3 is 4.90 Å². The van der Waals surface area contributed by atoms with Crippen molar-refractivity contribution in [2.45, 2.75) is 26.2 Å². The smallest absolute Gasteiger partial charge is 0.257 e. The van der Waals surface area contributed by atoms with E-state index in [1.54, 1.807) is 10.9 Å². The maximum atomic E-state index is 12.6. The van der Waals surface area contributed by atoms with E-state index < -0.39 is 0 Å². The van der Waals surface area contributed by atoms with E-state index in [0.717, 1.165) is 49.3 Å². The van der Waals surface area contributed by atoms with E-state index in [0.29, 0.717) is 5.92 Å². The molecule has 1 aliphatic rings. The molecule has 1 N–H and O–H groups in total. The minimum atomic E-state index is 0.106. The molecule has 0 bridgehead atoms. The molecule has 2 aromatic heterocycles. The molecule has 6 nitrogen and oxygen atoms in total. The Hall–Kier alpha value is -2.11. The summed E-state index contributed by atoms with van der Waals surface area (Å²) in [4.78, 5) is 14.6. The van der Waals surface area contributed by atoms with E-state index >= 15 is 0 Å². The summed E-state index contributed by atoms with van der Waals surface area (Å²) >= 11 is 0. The van der Waals surface area contributed by atoms with Crippen LogP contribution < -0.4 is 0 Å². The molecular weight excluding hydrogens is 266 g/mol. The maximum absolute atomic E-state index is 12.6. The molecule has 0 aliphatic carbocycles. The molecule has 112 valence electrons. The van der Waals surface area contributed by atoms with Gasteiger partial charge in [0.2, 0.25) is 0 Å². The van der Waals surface area contributed by atoms with E-state index in [9.17, 15) is 4.79 Å². The number of aromatic nitrogens is 4. The second-order valence-electron chi connectivity index (χ2n) is 5.85. The molecular formula is C15H21N5O. The summed E-state index contributed by atoms with van der Waals surface area (Å²) in [6.07, 6.45) is 6.77. The number of hydrogen-bond donors (Lipinski definition) is 1. The average Bonchev–Trinajstić information content (AvgIpc) is 3.08. The summed E-state index contributed by atoms with van der Waals surface area (Å²) in [6, 6.07) is 2.01. The number of carbonyl (C=O) groups is 1. The molecule has 21 heavy (non-hydrogen) atoms. The Morgan fingerprint density at radius 1 is 1.52 bits per heavy atom. The number of nitrogens with one attached hydrogen (secondary N) is 1. The predicted molar refractivity (Wildman–Crippen MR) is 78.9 cm³/mol. The lowest BCUT2D eigenvalue weighted by Gasteiger charge is -2.32. The SMILES string of the molecule is Cc1nn(C)cc1C(=O)N1CCCC(Cc2ccn[nH]2)C1. The third-order valence-electron chi connectivity index (χ3n) is 4.12. The molecule has 0 aromatic carbocycles. The van der Waals surface area contributed by atoms with Crippen molar-refractivity contribution in [1.82, 2.24) is 24.9 Å². The Kier molecular flexibility index (Phi) is 3.77. The molecule has 0 radical (unpaired) electrons. The number of aromatic amines is 1. The summed E-state index contributed by atoms with van der Waals surface area (Å²) in [5.41, 5.74) is 2.67. The van der Waals surface area contributed by atoms with Crippen molar-refractivity contribution in [3.05, 3.63) is 35.4 Å². The quantitative estimate of drug-likeness (QED) is 0.931. The normalized spacial score (nSPS) is 19.0. The molecule has 1 amide bonds. The van der Waals surface area contributed by atoms with Crippen LogP contribution in [0.1, 0.15) is 34.6 Å². The van der Waals surface area contributed by atoms with Gasteiger partial charge in [-0.3, -0.25) is 14.6 Å². The Morgan fingerprint density at radius 2 is 2.38 bits per heavy atom. The third-order valence-corrected chi connectivity index (χ3v) is 4.12. The number of aryl methyl sites for hydroxylation is 2. The Morgan fingerprint density at radius 3 is 3.05 bits per heavy atom. The highest BCUT2D eigenvalue weighted by Gasteiger charge is 2.26. The molecule has 3 rings (SSSR count). The van der Waals surface area contributed by atoms with E-state index in [1.165, 1.54) is 0 Å². The van der Waals surface area contributed by atoms with Crippen molar-refractivity contribution in [3.8, 4) is 0 Å². The van der Waals surface area contributed by atoms with Crippen LogP contribution in [0, 0.1) is 12.8 Å². The first-order valence-corrected chi connectivity index (χ1v) is 7.41. The van der Waals surface area contributed by atoms with E-state index in [1.807, 2.05) is 31.1 Å². The summed E-state index contributed by atoms with van der Waals surface area (Å²) in [6.45, 7) is 3.54. The van der Waals surface area contributed by atoms with Gasteiger partial charge in [0.25, 0.3) is 5.91 Å². The van der Waals surface area contributed by atoms with Crippen molar-refractivity contribution in [3.63, 3.8) is 0 Å². The highest BCUT2D eigenvalue weighted by molar-refractivity contribution is 5.95. The second kappa shape index (κ2) is 5.71. The van der Waals surface area contributed by atoms with E-state index in [4.69, 9.17) is 0 Å². The number of hydrogen-bond acceptors (Lipinski definition) is 3. The van der Waals surface area contributed by atoms with Crippen LogP contribution in [-0.4, -0.2) is 43.9 Å². The summed E-state index contributed by atoms with van der Waals surface area (Å²) in [7, 11) is 1.85. The highest BCUT2D eigenvalue weighted by Crippen LogP contribution is 2.22. The first kappa shape index (κ1) is 13.9. The lowest BCUT2D eigenvalue weighted by atomic mass is 9.93. The van der Waals surface area contributed by atoms with Crippen LogP contribution in [0.3, 0.4) is 0 Å². The van der Waals surface area contributed by atoms with Crippen LogP contribution in [-0.2, 0) is 13.5 Å². The van der Waals surface area contributed by atoms with Gasteiger partial charge in [-0.05, 0) is 38.2 Å². The zero-order valence-corrected chi connectivity index (χ0v) is 12.5. The van der Waals surface area contributed by atoms with Gasteiger partial charge in [0.1, 0.15) is 0 Å². The van der Waals surface area contributed by atoms with Gasteiger partial charge in [0.05, 0.1) is 11.3 Å². The second-order valence-corrected chi connectivity index (χ2v) is 5.85. The van der Waals surface area contributed by atoms with Crippen LogP contribution in [0.4, 0.5) is 0 Å². The molecule has 6 heteroatoms. The van der Waals surface area contributed by atoms with Crippen molar-refractivity contribution in [1.29, 1.82) is 0 Å². The van der Waals surface area contributed by atoms with Crippen LogP contribution in [0.2, 0.25) is 0 Å². The number of rotatable bonds is 3. The summed E-state index contributed by atoms with van der Waals surface area (Å²) < 4.78 is 1.70. The third kappa shape index (κ3) is 2.99. The van der Waals surface area contributed by atoms with Gasteiger partial charge in [-0.1, -0.05) is 0 Å². The van der Waals surface area contributed by atoms with Gasteiger partial charge >= 0.3 is 0 Å². The zero-order chi connectivity index (χ0) is 14.8. The molecule has 1 unspecified atom stereocenters. The van der Waals surface area contributed by atoms with Crippen LogP contribution >= 0.6 is 0 Å². The highest BCUT2D eigenvalue weighted by atomic mass is 16.2. The van der Waals surface area contributed by atoms with Gasteiger partial charge in [-0.2, -0.15) is 10.2 Å². The number of H-pyrrole nitrogens is 1. The van der Waals surface area contributed by atoms with Gasteiger partial charge in [-0.15, -0.1) is 0 Å².